The summed E-state index contributed by atoms with van der Waals surface area (Å²) in [5.74, 6) is 0.559. The van der Waals surface area contributed by atoms with E-state index in [2.05, 4.69) is 5.32 Å². The summed E-state index contributed by atoms with van der Waals surface area (Å²) in [5.41, 5.74) is 0. The summed E-state index contributed by atoms with van der Waals surface area (Å²) in [6.45, 7) is 0.421. The van der Waals surface area contributed by atoms with Gasteiger partial charge >= 0.3 is 0 Å². The van der Waals surface area contributed by atoms with Gasteiger partial charge in [0.2, 0.25) is 5.09 Å². The van der Waals surface area contributed by atoms with Gasteiger partial charge in [-0.15, -0.1) is 0 Å². The second kappa shape index (κ2) is 6.26. The quantitative estimate of drug-likeness (QED) is 0.845. The van der Waals surface area contributed by atoms with Crippen molar-refractivity contribution in [1.82, 2.24) is 9.62 Å². The number of aliphatic hydroxyl groups excluding tert-OH is 1. The Balaban J connectivity index is 1.96. The van der Waals surface area contributed by atoms with E-state index in [0.29, 0.717) is 12.3 Å². The standard InChI is InChI=1S/C13H22N2O4S/c1-15(2)20(17,18)13-8-7-10(19-13)9-14-11-5-3-4-6-12(11)16/h7-8,11-12,14,16H,3-6,9H2,1-2H3. The summed E-state index contributed by atoms with van der Waals surface area (Å²) in [6.07, 6.45) is 3.59. The van der Waals surface area contributed by atoms with Crippen LogP contribution in [-0.2, 0) is 16.6 Å². The number of aliphatic hydroxyl groups is 1. The fourth-order valence-corrected chi connectivity index (χ4v) is 3.17. The second-order valence-electron chi connectivity index (χ2n) is 5.35. The Bertz CT molecular complexity index is 538. The number of nitrogens with zero attached hydrogens (tertiary/aromatic N) is 1. The molecule has 1 aliphatic carbocycles. The van der Waals surface area contributed by atoms with Gasteiger partial charge in [-0.2, -0.15) is 0 Å². The average Bonchev–Trinajstić information content (AvgIpc) is 2.87. The maximum Gasteiger partial charge on any atom is 0.275 e. The number of furan rings is 1. The van der Waals surface area contributed by atoms with Crippen LogP contribution in [0.3, 0.4) is 0 Å². The Morgan fingerprint density at radius 1 is 1.35 bits per heavy atom. The normalized spacial score (nSPS) is 24.2. The van der Waals surface area contributed by atoms with Crippen molar-refractivity contribution in [3.63, 3.8) is 0 Å². The zero-order chi connectivity index (χ0) is 14.8. The Morgan fingerprint density at radius 3 is 2.70 bits per heavy atom. The monoisotopic (exact) mass is 302 g/mol. The lowest BCUT2D eigenvalue weighted by Gasteiger charge is -2.28. The van der Waals surface area contributed by atoms with Gasteiger partial charge in [0.25, 0.3) is 10.0 Å². The molecule has 2 rings (SSSR count). The molecular formula is C13H22N2O4S. The maximum atomic E-state index is 11.9. The molecule has 0 radical (unpaired) electrons. The first kappa shape index (κ1) is 15.5. The molecule has 6 nitrogen and oxygen atoms in total. The van der Waals surface area contributed by atoms with Crippen LogP contribution in [0.25, 0.3) is 0 Å². The van der Waals surface area contributed by atoms with E-state index in [4.69, 9.17) is 4.42 Å². The molecule has 1 aliphatic rings. The minimum Gasteiger partial charge on any atom is -0.447 e. The minimum absolute atomic E-state index is 0.0523. The van der Waals surface area contributed by atoms with Gasteiger partial charge in [-0.25, -0.2) is 12.7 Å². The molecule has 114 valence electrons. The first-order chi connectivity index (χ1) is 9.41. The molecule has 0 aromatic carbocycles. The van der Waals surface area contributed by atoms with Crippen LogP contribution in [0.5, 0.6) is 0 Å². The number of sulfonamides is 1. The lowest BCUT2D eigenvalue weighted by molar-refractivity contribution is 0.0891. The summed E-state index contributed by atoms with van der Waals surface area (Å²) >= 11 is 0. The van der Waals surface area contributed by atoms with Gasteiger partial charge in [0.15, 0.2) is 0 Å². The zero-order valence-electron chi connectivity index (χ0n) is 11.9. The molecule has 2 unspecified atom stereocenters. The van der Waals surface area contributed by atoms with E-state index in [1.165, 1.54) is 20.2 Å². The summed E-state index contributed by atoms with van der Waals surface area (Å²) < 4.78 is 30.2. The van der Waals surface area contributed by atoms with E-state index < -0.39 is 10.0 Å². The van der Waals surface area contributed by atoms with Gasteiger partial charge < -0.3 is 14.8 Å². The van der Waals surface area contributed by atoms with Crippen molar-refractivity contribution < 1.29 is 17.9 Å². The summed E-state index contributed by atoms with van der Waals surface area (Å²) in [5, 5.41) is 13.0. The van der Waals surface area contributed by atoms with Crippen molar-refractivity contribution in [3.8, 4) is 0 Å². The molecule has 1 heterocycles. The van der Waals surface area contributed by atoms with Crippen molar-refractivity contribution in [2.24, 2.45) is 0 Å². The molecule has 1 aromatic heterocycles. The molecule has 1 saturated carbocycles. The van der Waals surface area contributed by atoms with Gasteiger partial charge in [-0.3, -0.25) is 0 Å². The summed E-state index contributed by atoms with van der Waals surface area (Å²) in [7, 11) is -0.588. The van der Waals surface area contributed by atoms with Crippen molar-refractivity contribution in [2.45, 2.75) is 49.5 Å². The van der Waals surface area contributed by atoms with Crippen LogP contribution in [-0.4, -0.2) is 44.1 Å². The highest BCUT2D eigenvalue weighted by Crippen LogP contribution is 2.20. The molecule has 1 fully saturated rings. The van der Waals surface area contributed by atoms with Gasteiger partial charge in [0, 0.05) is 20.1 Å². The second-order valence-corrected chi connectivity index (χ2v) is 7.43. The predicted molar refractivity (Wildman–Crippen MR) is 74.7 cm³/mol. The van der Waals surface area contributed by atoms with E-state index in [-0.39, 0.29) is 17.2 Å². The molecule has 0 saturated heterocycles. The topological polar surface area (TPSA) is 82.8 Å². The Hall–Kier alpha value is -0.890. The van der Waals surface area contributed by atoms with Crippen molar-refractivity contribution >= 4 is 10.0 Å². The predicted octanol–water partition coefficient (Wildman–Crippen LogP) is 0.923. The molecule has 1 aromatic rings. The van der Waals surface area contributed by atoms with E-state index in [0.717, 1.165) is 30.0 Å². The lowest BCUT2D eigenvalue weighted by atomic mass is 9.92. The molecular weight excluding hydrogens is 280 g/mol. The van der Waals surface area contributed by atoms with E-state index in [9.17, 15) is 13.5 Å². The van der Waals surface area contributed by atoms with Crippen LogP contribution in [0.2, 0.25) is 0 Å². The first-order valence-corrected chi connectivity index (χ1v) is 8.28. The van der Waals surface area contributed by atoms with E-state index >= 15 is 0 Å². The fraction of sp³-hybridized carbons (Fsp3) is 0.692. The molecule has 2 N–H and O–H groups in total. The van der Waals surface area contributed by atoms with Crippen LogP contribution in [0.4, 0.5) is 0 Å². The molecule has 0 amide bonds. The third-order valence-corrected chi connectivity index (χ3v) is 5.33. The third-order valence-electron chi connectivity index (χ3n) is 3.64. The van der Waals surface area contributed by atoms with Gasteiger partial charge in [-0.05, 0) is 25.0 Å². The lowest BCUT2D eigenvalue weighted by Crippen LogP contribution is -2.41. The number of hydrogen-bond acceptors (Lipinski definition) is 5. The minimum atomic E-state index is -3.52. The van der Waals surface area contributed by atoms with Crippen molar-refractivity contribution in [3.05, 3.63) is 17.9 Å². The van der Waals surface area contributed by atoms with Crippen LogP contribution in [0.15, 0.2) is 21.6 Å². The van der Waals surface area contributed by atoms with Crippen molar-refractivity contribution in [2.75, 3.05) is 14.1 Å². The molecule has 20 heavy (non-hydrogen) atoms. The van der Waals surface area contributed by atoms with Gasteiger partial charge in [-0.1, -0.05) is 12.8 Å². The highest BCUT2D eigenvalue weighted by atomic mass is 32.2. The van der Waals surface area contributed by atoms with Crippen LogP contribution in [0, 0.1) is 0 Å². The van der Waals surface area contributed by atoms with Gasteiger partial charge in [0.05, 0.1) is 12.6 Å². The molecule has 7 heteroatoms. The molecule has 0 spiro atoms. The van der Waals surface area contributed by atoms with Gasteiger partial charge in [0.1, 0.15) is 5.76 Å². The van der Waals surface area contributed by atoms with Crippen LogP contribution < -0.4 is 5.32 Å². The molecule has 2 atom stereocenters. The Morgan fingerprint density at radius 2 is 2.05 bits per heavy atom. The average molecular weight is 302 g/mol. The smallest absolute Gasteiger partial charge is 0.275 e. The first-order valence-electron chi connectivity index (χ1n) is 6.84. The molecule has 0 aliphatic heterocycles. The number of nitrogens with one attached hydrogen (secondary N) is 1. The zero-order valence-corrected chi connectivity index (χ0v) is 12.7. The van der Waals surface area contributed by atoms with Crippen LogP contribution >= 0.6 is 0 Å². The third kappa shape index (κ3) is 3.41. The SMILES string of the molecule is CN(C)S(=O)(=O)c1ccc(CNC2CCCCC2O)o1. The summed E-state index contributed by atoms with van der Waals surface area (Å²) in [4.78, 5) is 0. The number of rotatable bonds is 5. The molecule has 0 bridgehead atoms. The van der Waals surface area contributed by atoms with Crippen molar-refractivity contribution in [1.29, 1.82) is 0 Å². The van der Waals surface area contributed by atoms with E-state index in [1.807, 2.05) is 0 Å². The highest BCUT2D eigenvalue weighted by Gasteiger charge is 2.24. The highest BCUT2D eigenvalue weighted by molar-refractivity contribution is 7.88. The van der Waals surface area contributed by atoms with E-state index in [1.54, 1.807) is 6.07 Å². The maximum absolute atomic E-state index is 11.9. The number of hydrogen-bond donors (Lipinski definition) is 2. The van der Waals surface area contributed by atoms with Crippen LogP contribution in [0.1, 0.15) is 31.4 Å². The summed E-state index contributed by atoms with van der Waals surface area (Å²) in [6, 6.07) is 3.17. The fourth-order valence-electron chi connectivity index (χ4n) is 2.35. The Kier molecular flexibility index (Phi) is 4.85. The Labute approximate surface area is 119 Å². The largest absolute Gasteiger partial charge is 0.447 e.